The Bertz CT molecular complexity index is 912. The van der Waals surface area contributed by atoms with Crippen molar-refractivity contribution in [3.63, 3.8) is 0 Å². The fourth-order valence-electron chi connectivity index (χ4n) is 3.61. The second-order valence-corrected chi connectivity index (χ2v) is 6.92. The molecule has 5 heteroatoms. The molecule has 0 unspecified atom stereocenters. The molecule has 0 saturated carbocycles. The van der Waals surface area contributed by atoms with E-state index in [1.807, 2.05) is 42.6 Å². The normalized spacial score (nSPS) is 15.6. The molecule has 2 aromatic heterocycles. The Morgan fingerprint density at radius 2 is 2.00 bits per heavy atom. The Labute approximate surface area is 151 Å². The number of nitrogens with zero attached hydrogens (tertiary/aromatic N) is 2. The maximum atomic E-state index is 12.9. The van der Waals surface area contributed by atoms with E-state index in [1.165, 1.54) is 5.56 Å². The van der Waals surface area contributed by atoms with Crippen LogP contribution in [-0.4, -0.2) is 28.5 Å². The first-order valence-electron chi connectivity index (χ1n) is 8.67. The number of aromatic nitrogens is 2. The van der Waals surface area contributed by atoms with Crippen molar-refractivity contribution < 1.29 is 4.79 Å². The van der Waals surface area contributed by atoms with Crippen LogP contribution in [0.3, 0.4) is 0 Å². The van der Waals surface area contributed by atoms with Crippen LogP contribution in [0.15, 0.2) is 48.8 Å². The van der Waals surface area contributed by atoms with Gasteiger partial charge in [-0.05, 0) is 61.2 Å². The fraction of sp³-hybridized carbons (Fsp3) is 0.300. The minimum atomic E-state index is 0.0197. The Morgan fingerprint density at radius 3 is 2.80 bits per heavy atom. The first-order valence-corrected chi connectivity index (χ1v) is 9.05. The number of carbonyl (C=O) groups excluding carboxylic acids is 1. The standard InChI is InChI=1S/C20H20ClN3O/c21-17-5-2-1-4-15(17)12-19(25)24-13-16(14-7-10-22-11-8-14)20-18(24)6-3-9-23-20/h1-6,9,13-14,22H,7-8,10-12H2. The molecular weight excluding hydrogens is 334 g/mol. The third-order valence-electron chi connectivity index (χ3n) is 4.93. The summed E-state index contributed by atoms with van der Waals surface area (Å²) in [4.78, 5) is 17.5. The van der Waals surface area contributed by atoms with Crippen LogP contribution >= 0.6 is 11.6 Å². The summed E-state index contributed by atoms with van der Waals surface area (Å²) in [6, 6.07) is 11.4. The molecule has 0 spiro atoms. The lowest BCUT2D eigenvalue weighted by atomic mass is 9.91. The van der Waals surface area contributed by atoms with Gasteiger partial charge in [-0.3, -0.25) is 14.3 Å². The highest BCUT2D eigenvalue weighted by molar-refractivity contribution is 6.31. The zero-order chi connectivity index (χ0) is 17.2. The molecule has 1 saturated heterocycles. The third kappa shape index (κ3) is 3.20. The van der Waals surface area contributed by atoms with Crippen LogP contribution in [0.2, 0.25) is 5.02 Å². The van der Waals surface area contributed by atoms with E-state index in [0.29, 0.717) is 10.9 Å². The zero-order valence-electron chi connectivity index (χ0n) is 13.9. The molecule has 1 aliphatic heterocycles. The number of piperidine rings is 1. The van der Waals surface area contributed by atoms with Crippen molar-refractivity contribution in [1.82, 2.24) is 14.9 Å². The summed E-state index contributed by atoms with van der Waals surface area (Å²) >= 11 is 6.22. The van der Waals surface area contributed by atoms with E-state index >= 15 is 0 Å². The zero-order valence-corrected chi connectivity index (χ0v) is 14.7. The van der Waals surface area contributed by atoms with E-state index in [9.17, 15) is 4.79 Å². The van der Waals surface area contributed by atoms with E-state index in [1.54, 1.807) is 10.8 Å². The van der Waals surface area contributed by atoms with Crippen molar-refractivity contribution in [2.45, 2.75) is 25.2 Å². The van der Waals surface area contributed by atoms with Gasteiger partial charge in [0, 0.05) is 17.4 Å². The van der Waals surface area contributed by atoms with E-state index < -0.39 is 0 Å². The second kappa shape index (κ2) is 6.98. The van der Waals surface area contributed by atoms with Crippen LogP contribution < -0.4 is 5.32 Å². The van der Waals surface area contributed by atoms with Gasteiger partial charge in [-0.2, -0.15) is 0 Å². The van der Waals surface area contributed by atoms with Crippen molar-refractivity contribution in [2.75, 3.05) is 13.1 Å². The Morgan fingerprint density at radius 1 is 1.20 bits per heavy atom. The highest BCUT2D eigenvalue weighted by Crippen LogP contribution is 2.32. The predicted molar refractivity (Wildman–Crippen MR) is 100 cm³/mol. The van der Waals surface area contributed by atoms with Crippen LogP contribution in [0.4, 0.5) is 0 Å². The lowest BCUT2D eigenvalue weighted by molar-refractivity contribution is 0.0919. The van der Waals surface area contributed by atoms with Gasteiger partial charge in [0.05, 0.1) is 17.5 Å². The molecule has 0 radical (unpaired) electrons. The summed E-state index contributed by atoms with van der Waals surface area (Å²) in [5, 5.41) is 4.02. The van der Waals surface area contributed by atoms with Crippen LogP contribution in [0.1, 0.15) is 34.7 Å². The van der Waals surface area contributed by atoms with Crippen molar-refractivity contribution >= 4 is 28.5 Å². The summed E-state index contributed by atoms with van der Waals surface area (Å²) in [5.74, 6) is 0.472. The maximum absolute atomic E-state index is 12.9. The lowest BCUT2D eigenvalue weighted by Gasteiger charge is -2.21. The number of fused-ring (bicyclic) bond motifs is 1. The third-order valence-corrected chi connectivity index (χ3v) is 5.30. The molecule has 1 aliphatic rings. The highest BCUT2D eigenvalue weighted by Gasteiger charge is 2.23. The molecule has 128 valence electrons. The van der Waals surface area contributed by atoms with Crippen molar-refractivity contribution in [1.29, 1.82) is 0 Å². The summed E-state index contributed by atoms with van der Waals surface area (Å²) in [7, 11) is 0. The number of carbonyl (C=O) groups is 1. The number of nitrogens with one attached hydrogen (secondary N) is 1. The minimum absolute atomic E-state index is 0.0197. The van der Waals surface area contributed by atoms with E-state index in [4.69, 9.17) is 11.6 Å². The SMILES string of the molecule is O=C(Cc1ccccc1Cl)n1cc(C2CCNCC2)c2ncccc21. The molecular formula is C20H20ClN3O. The first kappa shape index (κ1) is 16.3. The molecule has 1 N–H and O–H groups in total. The van der Waals surface area contributed by atoms with Crippen molar-refractivity contribution in [3.05, 3.63) is 64.9 Å². The van der Waals surface area contributed by atoms with Gasteiger partial charge in [-0.1, -0.05) is 29.8 Å². The van der Waals surface area contributed by atoms with Crippen LogP contribution in [0, 0.1) is 0 Å². The van der Waals surface area contributed by atoms with Gasteiger partial charge in [-0.25, -0.2) is 0 Å². The topological polar surface area (TPSA) is 46.9 Å². The van der Waals surface area contributed by atoms with E-state index in [2.05, 4.69) is 10.3 Å². The van der Waals surface area contributed by atoms with E-state index in [0.717, 1.165) is 42.5 Å². The van der Waals surface area contributed by atoms with Crippen LogP contribution in [0.25, 0.3) is 11.0 Å². The van der Waals surface area contributed by atoms with Gasteiger partial charge in [-0.15, -0.1) is 0 Å². The van der Waals surface area contributed by atoms with Gasteiger partial charge < -0.3 is 5.32 Å². The highest BCUT2D eigenvalue weighted by atomic mass is 35.5. The molecule has 0 aliphatic carbocycles. The van der Waals surface area contributed by atoms with Crippen LogP contribution in [0.5, 0.6) is 0 Å². The largest absolute Gasteiger partial charge is 0.317 e. The predicted octanol–water partition coefficient (Wildman–Crippen LogP) is 4.04. The Hall–Kier alpha value is -2.17. The van der Waals surface area contributed by atoms with E-state index in [-0.39, 0.29) is 12.3 Å². The number of hydrogen-bond donors (Lipinski definition) is 1. The number of pyridine rings is 1. The summed E-state index contributed by atoms with van der Waals surface area (Å²) in [5.41, 5.74) is 3.86. The molecule has 4 rings (SSSR count). The average Bonchev–Trinajstić information content (AvgIpc) is 3.04. The maximum Gasteiger partial charge on any atom is 0.235 e. The number of halogens is 1. The Kier molecular flexibility index (Phi) is 4.55. The Balaban J connectivity index is 1.72. The van der Waals surface area contributed by atoms with Gasteiger partial charge in [0.15, 0.2) is 0 Å². The molecule has 1 fully saturated rings. The summed E-state index contributed by atoms with van der Waals surface area (Å²) in [6.07, 6.45) is 6.23. The monoisotopic (exact) mass is 353 g/mol. The number of hydrogen-bond acceptors (Lipinski definition) is 3. The quantitative estimate of drug-likeness (QED) is 0.773. The molecule has 1 aromatic carbocycles. The average molecular weight is 354 g/mol. The molecule has 0 bridgehead atoms. The van der Waals surface area contributed by atoms with Crippen molar-refractivity contribution in [2.24, 2.45) is 0 Å². The molecule has 0 amide bonds. The summed E-state index contributed by atoms with van der Waals surface area (Å²) in [6.45, 7) is 2.02. The van der Waals surface area contributed by atoms with Crippen molar-refractivity contribution in [3.8, 4) is 0 Å². The van der Waals surface area contributed by atoms with Gasteiger partial charge >= 0.3 is 0 Å². The van der Waals surface area contributed by atoms with Gasteiger partial charge in [0.1, 0.15) is 0 Å². The molecule has 3 heterocycles. The van der Waals surface area contributed by atoms with Gasteiger partial charge in [0.25, 0.3) is 0 Å². The first-order chi connectivity index (χ1) is 12.2. The molecule has 3 aromatic rings. The molecule has 4 nitrogen and oxygen atoms in total. The smallest absolute Gasteiger partial charge is 0.235 e. The second-order valence-electron chi connectivity index (χ2n) is 6.51. The van der Waals surface area contributed by atoms with Crippen LogP contribution in [-0.2, 0) is 6.42 Å². The lowest BCUT2D eigenvalue weighted by Crippen LogP contribution is -2.26. The number of benzene rings is 1. The minimum Gasteiger partial charge on any atom is -0.317 e. The van der Waals surface area contributed by atoms with Gasteiger partial charge in [0.2, 0.25) is 5.91 Å². The number of rotatable bonds is 3. The molecule has 25 heavy (non-hydrogen) atoms. The fourth-order valence-corrected chi connectivity index (χ4v) is 3.81. The summed E-state index contributed by atoms with van der Waals surface area (Å²) < 4.78 is 1.75. The molecule has 0 atom stereocenters.